The van der Waals surface area contributed by atoms with Crippen LogP contribution in [0.3, 0.4) is 0 Å². The smallest absolute Gasteiger partial charge is 0.271 e. The van der Waals surface area contributed by atoms with Crippen molar-refractivity contribution in [1.82, 2.24) is 20.6 Å². The summed E-state index contributed by atoms with van der Waals surface area (Å²) in [5.74, 6) is -1.08. The van der Waals surface area contributed by atoms with Gasteiger partial charge in [0.25, 0.3) is 11.8 Å². The van der Waals surface area contributed by atoms with Gasteiger partial charge in [0.05, 0.1) is 11.3 Å². The monoisotopic (exact) mass is 366 g/mol. The summed E-state index contributed by atoms with van der Waals surface area (Å²) in [6, 6.07) is 6.15. The lowest BCUT2D eigenvalue weighted by Gasteiger charge is -2.07. The lowest BCUT2D eigenvalue weighted by Crippen LogP contribution is -2.42. The van der Waals surface area contributed by atoms with Gasteiger partial charge < -0.3 is 0 Å². The molecule has 0 bridgehead atoms. The number of benzene rings is 1. The third-order valence-electron chi connectivity index (χ3n) is 3.39. The van der Waals surface area contributed by atoms with Crippen molar-refractivity contribution in [2.75, 3.05) is 0 Å². The van der Waals surface area contributed by atoms with Crippen molar-refractivity contribution in [3.63, 3.8) is 0 Å². The second-order valence-electron chi connectivity index (χ2n) is 5.58. The molecule has 2 rings (SSSR count). The Balaban J connectivity index is 1.83. The summed E-state index contributed by atoms with van der Waals surface area (Å²) in [6.07, 6.45) is -1.97. The van der Waals surface area contributed by atoms with Crippen LogP contribution in [0, 0.1) is 13.8 Å². The van der Waals surface area contributed by atoms with Crippen LogP contribution in [0.5, 0.6) is 0 Å². The number of hydrazine groups is 1. The second-order valence-corrected chi connectivity index (χ2v) is 5.58. The zero-order chi connectivity index (χ0) is 19.3. The molecule has 2 N–H and O–H groups in total. The minimum atomic E-state index is -4.41. The summed E-state index contributed by atoms with van der Waals surface area (Å²) in [4.78, 5) is 23.4. The van der Waals surface area contributed by atoms with Crippen molar-refractivity contribution < 1.29 is 22.8 Å². The first-order valence-corrected chi connectivity index (χ1v) is 7.60. The van der Waals surface area contributed by atoms with E-state index in [0.717, 1.165) is 29.6 Å². The van der Waals surface area contributed by atoms with Crippen LogP contribution in [0.4, 0.5) is 13.2 Å². The molecule has 26 heavy (non-hydrogen) atoms. The number of aromatic nitrogens is 2. The van der Waals surface area contributed by atoms with Gasteiger partial charge in [-0.1, -0.05) is 12.1 Å². The highest BCUT2D eigenvalue weighted by atomic mass is 19.4. The molecule has 9 heteroatoms. The molecule has 0 saturated carbocycles. The van der Waals surface area contributed by atoms with E-state index in [1.54, 1.807) is 13.8 Å². The Morgan fingerprint density at radius 1 is 1.15 bits per heavy atom. The molecule has 2 aromatic rings. The Morgan fingerprint density at radius 3 is 2.35 bits per heavy atom. The minimum absolute atomic E-state index is 0.0530. The van der Waals surface area contributed by atoms with E-state index in [1.165, 1.54) is 22.9 Å². The second kappa shape index (κ2) is 7.85. The highest BCUT2D eigenvalue weighted by Gasteiger charge is 2.29. The van der Waals surface area contributed by atoms with Crippen molar-refractivity contribution in [1.29, 1.82) is 0 Å². The maximum atomic E-state index is 12.5. The summed E-state index contributed by atoms with van der Waals surface area (Å²) < 4.78 is 38.9. The fraction of sp³-hybridized carbons (Fsp3) is 0.235. The van der Waals surface area contributed by atoms with Crippen molar-refractivity contribution in [2.24, 2.45) is 0 Å². The van der Waals surface area contributed by atoms with Gasteiger partial charge in [0.2, 0.25) is 0 Å². The van der Waals surface area contributed by atoms with Gasteiger partial charge in [-0.2, -0.15) is 18.3 Å². The number of hydrogen-bond donors (Lipinski definition) is 2. The van der Waals surface area contributed by atoms with Gasteiger partial charge in [-0.05, 0) is 43.7 Å². The molecule has 0 unspecified atom stereocenters. The number of halogens is 3. The predicted molar refractivity (Wildman–Crippen MR) is 88.5 cm³/mol. The summed E-state index contributed by atoms with van der Waals surface area (Å²) >= 11 is 0. The molecule has 0 radical (unpaired) electrons. The molecule has 1 aromatic heterocycles. The fourth-order valence-electron chi connectivity index (χ4n) is 2.14. The predicted octanol–water partition coefficient (Wildman–Crippen LogP) is 2.38. The van der Waals surface area contributed by atoms with Crippen molar-refractivity contribution in [3.05, 3.63) is 58.9 Å². The standard InChI is InChI=1S/C17H17F3N4O2/c1-11-9-12(2)24(23-11)10-16(26)22-21-15(25)8-5-13-3-6-14(7-4-13)17(18,19)20/h3-9H,10H2,1-2H3,(H,21,25)(H,22,26)/b8-5+. The van der Waals surface area contributed by atoms with E-state index in [0.29, 0.717) is 5.56 Å². The van der Waals surface area contributed by atoms with Crippen LogP contribution in [0.1, 0.15) is 22.5 Å². The Labute approximate surface area is 147 Å². The van der Waals surface area contributed by atoms with Gasteiger partial charge in [0, 0.05) is 11.8 Å². The van der Waals surface area contributed by atoms with Gasteiger partial charge in [-0.3, -0.25) is 25.1 Å². The number of rotatable bonds is 4. The van der Waals surface area contributed by atoms with E-state index in [4.69, 9.17) is 0 Å². The molecule has 1 heterocycles. The quantitative estimate of drug-likeness (QED) is 0.644. The van der Waals surface area contributed by atoms with E-state index in [2.05, 4.69) is 16.0 Å². The number of hydrogen-bond acceptors (Lipinski definition) is 3. The molecule has 0 aliphatic heterocycles. The third-order valence-corrected chi connectivity index (χ3v) is 3.39. The SMILES string of the molecule is Cc1cc(C)n(CC(=O)NNC(=O)/C=C/c2ccc(C(F)(F)F)cc2)n1. The number of amides is 2. The lowest BCUT2D eigenvalue weighted by atomic mass is 10.1. The van der Waals surface area contributed by atoms with Crippen LogP contribution in [-0.4, -0.2) is 21.6 Å². The molecule has 0 aliphatic rings. The normalized spacial score (nSPS) is 11.6. The first-order chi connectivity index (χ1) is 12.1. The Hall–Kier alpha value is -3.10. The maximum absolute atomic E-state index is 12.5. The highest BCUT2D eigenvalue weighted by Crippen LogP contribution is 2.29. The van der Waals surface area contributed by atoms with Gasteiger partial charge >= 0.3 is 6.18 Å². The number of nitrogens with one attached hydrogen (secondary N) is 2. The Kier molecular flexibility index (Phi) is 5.81. The first kappa shape index (κ1) is 19.2. The van der Waals surface area contributed by atoms with Crippen molar-refractivity contribution in [3.8, 4) is 0 Å². The van der Waals surface area contributed by atoms with Crippen molar-refractivity contribution >= 4 is 17.9 Å². The van der Waals surface area contributed by atoms with Gasteiger partial charge in [0.15, 0.2) is 0 Å². The van der Waals surface area contributed by atoms with E-state index in [9.17, 15) is 22.8 Å². The third kappa shape index (κ3) is 5.47. The molecule has 0 saturated heterocycles. The summed E-state index contributed by atoms with van der Waals surface area (Å²) in [7, 11) is 0. The first-order valence-electron chi connectivity index (χ1n) is 7.60. The Bertz CT molecular complexity index is 824. The van der Waals surface area contributed by atoms with Gasteiger partial charge in [-0.15, -0.1) is 0 Å². The van der Waals surface area contributed by atoms with E-state index in [-0.39, 0.29) is 6.54 Å². The average molecular weight is 366 g/mol. The lowest BCUT2D eigenvalue weighted by molar-refractivity contribution is -0.137. The molecule has 0 aliphatic carbocycles. The number of carbonyl (C=O) groups excluding carboxylic acids is 2. The number of carbonyl (C=O) groups is 2. The largest absolute Gasteiger partial charge is 0.416 e. The number of alkyl halides is 3. The zero-order valence-corrected chi connectivity index (χ0v) is 14.1. The molecule has 2 amide bonds. The van der Waals surface area contributed by atoms with E-state index in [1.807, 2.05) is 6.07 Å². The molecular weight excluding hydrogens is 349 g/mol. The molecule has 0 spiro atoms. The highest BCUT2D eigenvalue weighted by molar-refractivity contribution is 5.93. The van der Waals surface area contributed by atoms with E-state index < -0.39 is 23.6 Å². The van der Waals surface area contributed by atoms with E-state index >= 15 is 0 Å². The minimum Gasteiger partial charge on any atom is -0.271 e. The van der Waals surface area contributed by atoms with Crippen molar-refractivity contribution in [2.45, 2.75) is 26.6 Å². The molecular formula is C17H17F3N4O2. The van der Waals surface area contributed by atoms with Gasteiger partial charge in [-0.25, -0.2) is 0 Å². The molecule has 138 valence electrons. The molecule has 6 nitrogen and oxygen atoms in total. The molecule has 1 aromatic carbocycles. The summed E-state index contributed by atoms with van der Waals surface area (Å²) in [5.41, 5.74) is 5.66. The van der Waals surface area contributed by atoms with Crippen LogP contribution in [0.2, 0.25) is 0 Å². The van der Waals surface area contributed by atoms with Crippen LogP contribution in [0.25, 0.3) is 6.08 Å². The fourth-order valence-corrected chi connectivity index (χ4v) is 2.14. The van der Waals surface area contributed by atoms with Crippen LogP contribution < -0.4 is 10.9 Å². The Morgan fingerprint density at radius 2 is 1.81 bits per heavy atom. The van der Waals surface area contributed by atoms with Crippen LogP contribution in [-0.2, 0) is 22.3 Å². The summed E-state index contributed by atoms with van der Waals surface area (Å²) in [5, 5.41) is 4.13. The van der Waals surface area contributed by atoms with Gasteiger partial charge in [0.1, 0.15) is 6.54 Å². The topological polar surface area (TPSA) is 76.0 Å². The maximum Gasteiger partial charge on any atom is 0.416 e. The van der Waals surface area contributed by atoms with Crippen LogP contribution in [0.15, 0.2) is 36.4 Å². The van der Waals surface area contributed by atoms with Crippen LogP contribution >= 0.6 is 0 Å². The number of aryl methyl sites for hydroxylation is 2. The zero-order valence-electron chi connectivity index (χ0n) is 14.1. The molecule has 0 atom stereocenters. The average Bonchev–Trinajstić information content (AvgIpc) is 2.88. The summed E-state index contributed by atoms with van der Waals surface area (Å²) in [6.45, 7) is 3.55. The number of nitrogens with zero attached hydrogens (tertiary/aromatic N) is 2. The molecule has 0 fully saturated rings.